The first-order chi connectivity index (χ1) is 12.2. The Hall–Kier alpha value is -2.67. The van der Waals surface area contributed by atoms with Crippen molar-refractivity contribution in [3.05, 3.63) is 53.7 Å². The fraction of sp³-hybridized carbons (Fsp3) is 0.389. The highest BCUT2D eigenvalue weighted by Crippen LogP contribution is 2.19. The predicted octanol–water partition coefficient (Wildman–Crippen LogP) is 2.19. The summed E-state index contributed by atoms with van der Waals surface area (Å²) in [6.07, 6.45) is 3.68. The van der Waals surface area contributed by atoms with Gasteiger partial charge < -0.3 is 9.42 Å². The second-order valence-electron chi connectivity index (χ2n) is 6.37. The number of hydrogen-bond donors (Lipinski definition) is 0. The van der Waals surface area contributed by atoms with Crippen molar-refractivity contribution in [1.82, 2.24) is 24.8 Å². The standard InChI is InChI=1S/C18H22N6O/c1-14-16(15(2)25-21-14)13-22-9-11-23(12-10-22)17-5-3-6-18(20-17)24-8-4-7-19-24/h3-8H,9-13H2,1-2H3. The molecule has 0 aromatic carbocycles. The molecular formula is C18H22N6O. The summed E-state index contributed by atoms with van der Waals surface area (Å²) < 4.78 is 7.06. The number of hydrogen-bond acceptors (Lipinski definition) is 6. The third-order valence-electron chi connectivity index (χ3n) is 4.72. The van der Waals surface area contributed by atoms with Crippen LogP contribution in [0.15, 0.2) is 41.2 Å². The lowest BCUT2D eigenvalue weighted by molar-refractivity contribution is 0.247. The summed E-state index contributed by atoms with van der Waals surface area (Å²) in [6.45, 7) is 8.80. The van der Waals surface area contributed by atoms with Crippen molar-refractivity contribution < 1.29 is 4.52 Å². The first-order valence-electron chi connectivity index (χ1n) is 8.57. The van der Waals surface area contributed by atoms with Gasteiger partial charge in [0, 0.05) is 50.7 Å². The first kappa shape index (κ1) is 15.8. The lowest BCUT2D eigenvalue weighted by atomic mass is 10.2. The molecule has 0 amide bonds. The molecule has 0 unspecified atom stereocenters. The molecule has 130 valence electrons. The minimum atomic E-state index is 0.848. The Morgan fingerprint density at radius 2 is 1.84 bits per heavy atom. The van der Waals surface area contributed by atoms with Crippen LogP contribution in [-0.2, 0) is 6.54 Å². The summed E-state index contributed by atoms with van der Waals surface area (Å²) in [7, 11) is 0. The molecule has 4 heterocycles. The van der Waals surface area contributed by atoms with Crippen LogP contribution < -0.4 is 4.90 Å². The molecule has 4 rings (SSSR count). The summed E-state index contributed by atoms with van der Waals surface area (Å²) in [5, 5.41) is 8.30. The molecule has 0 radical (unpaired) electrons. The van der Waals surface area contributed by atoms with Gasteiger partial charge in [-0.3, -0.25) is 4.90 Å². The lowest BCUT2D eigenvalue weighted by Crippen LogP contribution is -2.46. The normalized spacial score (nSPS) is 15.7. The molecule has 7 nitrogen and oxygen atoms in total. The van der Waals surface area contributed by atoms with Crippen LogP contribution in [0.2, 0.25) is 0 Å². The molecular weight excluding hydrogens is 316 g/mol. The molecule has 0 N–H and O–H groups in total. The van der Waals surface area contributed by atoms with E-state index in [4.69, 9.17) is 9.51 Å². The molecule has 25 heavy (non-hydrogen) atoms. The molecule has 3 aromatic rings. The minimum absolute atomic E-state index is 0.848. The summed E-state index contributed by atoms with van der Waals surface area (Å²) >= 11 is 0. The van der Waals surface area contributed by atoms with Crippen molar-refractivity contribution in [3.63, 3.8) is 0 Å². The zero-order valence-corrected chi connectivity index (χ0v) is 14.6. The second kappa shape index (κ2) is 6.68. The number of nitrogens with zero attached hydrogens (tertiary/aromatic N) is 6. The van der Waals surface area contributed by atoms with E-state index in [-0.39, 0.29) is 0 Å². The molecule has 1 fully saturated rings. The van der Waals surface area contributed by atoms with Crippen molar-refractivity contribution >= 4 is 5.82 Å². The molecule has 0 atom stereocenters. The minimum Gasteiger partial charge on any atom is -0.361 e. The summed E-state index contributed by atoms with van der Waals surface area (Å²) in [5.74, 6) is 2.78. The van der Waals surface area contributed by atoms with Crippen LogP contribution >= 0.6 is 0 Å². The summed E-state index contributed by atoms with van der Waals surface area (Å²) in [5.41, 5.74) is 2.21. The summed E-state index contributed by atoms with van der Waals surface area (Å²) in [4.78, 5) is 9.53. The van der Waals surface area contributed by atoms with Crippen molar-refractivity contribution in [2.75, 3.05) is 31.1 Å². The van der Waals surface area contributed by atoms with Crippen LogP contribution in [0.1, 0.15) is 17.0 Å². The zero-order valence-electron chi connectivity index (χ0n) is 14.6. The fourth-order valence-electron chi connectivity index (χ4n) is 3.21. The van der Waals surface area contributed by atoms with E-state index in [1.807, 2.05) is 38.2 Å². The molecule has 0 bridgehead atoms. The van der Waals surface area contributed by atoms with Gasteiger partial charge in [-0.05, 0) is 32.0 Å². The Balaban J connectivity index is 1.41. The number of aryl methyl sites for hydroxylation is 2. The molecule has 1 aliphatic rings. The van der Waals surface area contributed by atoms with Crippen molar-refractivity contribution in [1.29, 1.82) is 0 Å². The molecule has 1 aliphatic heterocycles. The number of piperazine rings is 1. The first-order valence-corrected chi connectivity index (χ1v) is 8.57. The third kappa shape index (κ3) is 3.28. The van der Waals surface area contributed by atoms with Gasteiger partial charge in [0.2, 0.25) is 0 Å². The predicted molar refractivity (Wildman–Crippen MR) is 94.8 cm³/mol. The average Bonchev–Trinajstić information content (AvgIpc) is 3.29. The molecule has 0 aliphatic carbocycles. The third-order valence-corrected chi connectivity index (χ3v) is 4.72. The number of aromatic nitrogens is 4. The van der Waals surface area contributed by atoms with E-state index in [2.05, 4.69) is 26.1 Å². The molecule has 0 saturated carbocycles. The van der Waals surface area contributed by atoms with Crippen LogP contribution in [0, 0.1) is 13.8 Å². The maximum atomic E-state index is 5.27. The van der Waals surface area contributed by atoms with Gasteiger partial charge >= 0.3 is 0 Å². The van der Waals surface area contributed by atoms with Crippen molar-refractivity contribution in [2.45, 2.75) is 20.4 Å². The monoisotopic (exact) mass is 338 g/mol. The van der Waals surface area contributed by atoms with Crippen LogP contribution in [0.5, 0.6) is 0 Å². The highest BCUT2D eigenvalue weighted by Gasteiger charge is 2.21. The van der Waals surface area contributed by atoms with Gasteiger partial charge in [-0.2, -0.15) is 5.10 Å². The van der Waals surface area contributed by atoms with Crippen LogP contribution in [0.4, 0.5) is 5.82 Å². The maximum Gasteiger partial charge on any atom is 0.155 e. The number of anilines is 1. The maximum absolute atomic E-state index is 5.27. The molecule has 1 saturated heterocycles. The van der Waals surface area contributed by atoms with E-state index in [1.165, 1.54) is 5.56 Å². The van der Waals surface area contributed by atoms with E-state index in [9.17, 15) is 0 Å². The van der Waals surface area contributed by atoms with Crippen molar-refractivity contribution in [3.8, 4) is 5.82 Å². The van der Waals surface area contributed by atoms with Gasteiger partial charge in [0.25, 0.3) is 0 Å². The SMILES string of the molecule is Cc1noc(C)c1CN1CCN(c2cccc(-n3cccn3)n2)CC1. The fourth-order valence-corrected chi connectivity index (χ4v) is 3.21. The van der Waals surface area contributed by atoms with Crippen molar-refractivity contribution in [2.24, 2.45) is 0 Å². The van der Waals surface area contributed by atoms with Gasteiger partial charge in [-0.15, -0.1) is 0 Å². The van der Waals surface area contributed by atoms with Gasteiger partial charge in [0.1, 0.15) is 11.6 Å². The van der Waals surface area contributed by atoms with E-state index in [0.29, 0.717) is 0 Å². The van der Waals surface area contributed by atoms with Gasteiger partial charge in [-0.25, -0.2) is 9.67 Å². The molecule has 3 aromatic heterocycles. The van der Waals surface area contributed by atoms with E-state index >= 15 is 0 Å². The highest BCUT2D eigenvalue weighted by molar-refractivity contribution is 5.43. The number of pyridine rings is 1. The van der Waals surface area contributed by atoms with Crippen LogP contribution in [-0.4, -0.2) is 51.0 Å². The summed E-state index contributed by atoms with van der Waals surface area (Å²) in [6, 6.07) is 7.98. The zero-order chi connectivity index (χ0) is 17.2. The van der Waals surface area contributed by atoms with Crippen LogP contribution in [0.3, 0.4) is 0 Å². The van der Waals surface area contributed by atoms with E-state index in [0.717, 1.165) is 55.8 Å². The molecule has 7 heteroatoms. The van der Waals surface area contributed by atoms with Gasteiger partial charge in [0.15, 0.2) is 5.82 Å². The van der Waals surface area contributed by atoms with Gasteiger partial charge in [0.05, 0.1) is 5.69 Å². The Kier molecular flexibility index (Phi) is 4.23. The topological polar surface area (TPSA) is 63.2 Å². The Morgan fingerprint density at radius 3 is 2.52 bits per heavy atom. The number of rotatable bonds is 4. The largest absolute Gasteiger partial charge is 0.361 e. The highest BCUT2D eigenvalue weighted by atomic mass is 16.5. The Labute approximate surface area is 146 Å². The molecule has 0 spiro atoms. The second-order valence-corrected chi connectivity index (χ2v) is 6.37. The van der Waals surface area contributed by atoms with Crippen LogP contribution in [0.25, 0.3) is 5.82 Å². The van der Waals surface area contributed by atoms with E-state index in [1.54, 1.807) is 10.9 Å². The average molecular weight is 338 g/mol. The Morgan fingerprint density at radius 1 is 1.04 bits per heavy atom. The van der Waals surface area contributed by atoms with Gasteiger partial charge in [-0.1, -0.05) is 11.2 Å². The quantitative estimate of drug-likeness (QED) is 0.727. The smallest absolute Gasteiger partial charge is 0.155 e. The van der Waals surface area contributed by atoms with E-state index < -0.39 is 0 Å². The lowest BCUT2D eigenvalue weighted by Gasteiger charge is -2.35. The Bertz CT molecular complexity index is 814.